The third-order valence-corrected chi connectivity index (χ3v) is 5.53. The first kappa shape index (κ1) is 19.0. The van der Waals surface area contributed by atoms with Gasteiger partial charge in [0.1, 0.15) is 0 Å². The standard InChI is InChI=1S/C24H21N3OS/c1-2-16-27-22-15-9-8-14-21(22)26-24(27)29-17-23(28)25-20-13-7-6-12-19(20)18-10-4-3-5-11-18/h2-15H,1,16-17H2,(H,25,28). The summed E-state index contributed by atoms with van der Waals surface area (Å²) in [6, 6.07) is 25.9. The quantitative estimate of drug-likeness (QED) is 0.324. The van der Waals surface area contributed by atoms with Crippen LogP contribution in [0.5, 0.6) is 0 Å². The number of para-hydroxylation sites is 3. The first-order valence-corrected chi connectivity index (χ1v) is 10.4. The monoisotopic (exact) mass is 399 g/mol. The van der Waals surface area contributed by atoms with Gasteiger partial charge in [-0.15, -0.1) is 6.58 Å². The Labute approximate surface area is 174 Å². The third-order valence-electron chi connectivity index (χ3n) is 4.55. The minimum Gasteiger partial charge on any atom is -0.325 e. The average Bonchev–Trinajstić information content (AvgIpc) is 3.11. The Hall–Kier alpha value is -3.31. The molecule has 144 valence electrons. The summed E-state index contributed by atoms with van der Waals surface area (Å²) in [5.41, 5.74) is 4.86. The van der Waals surface area contributed by atoms with E-state index in [0.717, 1.165) is 33.0 Å². The van der Waals surface area contributed by atoms with Gasteiger partial charge < -0.3 is 9.88 Å². The normalized spacial score (nSPS) is 10.8. The molecule has 0 atom stereocenters. The number of aromatic nitrogens is 2. The lowest BCUT2D eigenvalue weighted by Gasteiger charge is -2.11. The summed E-state index contributed by atoms with van der Waals surface area (Å²) in [6.07, 6.45) is 1.84. The number of anilines is 1. The van der Waals surface area contributed by atoms with Gasteiger partial charge in [-0.1, -0.05) is 78.5 Å². The van der Waals surface area contributed by atoms with Crippen molar-refractivity contribution in [3.05, 3.63) is 91.5 Å². The molecule has 5 heteroatoms. The Morgan fingerprint density at radius 2 is 1.72 bits per heavy atom. The molecule has 1 amide bonds. The Bertz CT molecular complexity index is 1150. The molecule has 1 aromatic heterocycles. The lowest BCUT2D eigenvalue weighted by atomic mass is 10.0. The van der Waals surface area contributed by atoms with E-state index in [4.69, 9.17) is 0 Å². The van der Waals surface area contributed by atoms with E-state index in [1.807, 2.05) is 84.9 Å². The van der Waals surface area contributed by atoms with Crippen LogP contribution in [0.2, 0.25) is 0 Å². The summed E-state index contributed by atoms with van der Waals surface area (Å²) in [4.78, 5) is 17.3. The number of carbonyl (C=O) groups excluding carboxylic acids is 1. The molecule has 1 N–H and O–H groups in total. The molecule has 0 fully saturated rings. The second-order valence-corrected chi connectivity index (χ2v) is 7.47. The van der Waals surface area contributed by atoms with Crippen LogP contribution in [-0.2, 0) is 11.3 Å². The van der Waals surface area contributed by atoms with Crippen molar-refractivity contribution in [2.24, 2.45) is 0 Å². The molecule has 0 radical (unpaired) electrons. The van der Waals surface area contributed by atoms with Crippen LogP contribution in [0.3, 0.4) is 0 Å². The van der Waals surface area contributed by atoms with Gasteiger partial charge in [0, 0.05) is 17.8 Å². The molecule has 29 heavy (non-hydrogen) atoms. The molecular weight excluding hydrogens is 378 g/mol. The number of carbonyl (C=O) groups is 1. The van der Waals surface area contributed by atoms with Crippen molar-refractivity contribution in [3.8, 4) is 11.1 Å². The fourth-order valence-electron chi connectivity index (χ4n) is 3.25. The predicted molar refractivity (Wildman–Crippen MR) is 121 cm³/mol. The van der Waals surface area contributed by atoms with Crippen molar-refractivity contribution in [1.82, 2.24) is 9.55 Å². The van der Waals surface area contributed by atoms with Crippen LogP contribution < -0.4 is 5.32 Å². The van der Waals surface area contributed by atoms with E-state index in [0.29, 0.717) is 6.54 Å². The molecule has 0 bridgehead atoms. The van der Waals surface area contributed by atoms with Crippen LogP contribution in [0.15, 0.2) is 96.7 Å². The van der Waals surface area contributed by atoms with Crippen LogP contribution in [0.1, 0.15) is 0 Å². The van der Waals surface area contributed by atoms with Gasteiger partial charge in [-0.25, -0.2) is 4.98 Å². The lowest BCUT2D eigenvalue weighted by Crippen LogP contribution is -2.15. The van der Waals surface area contributed by atoms with Crippen molar-refractivity contribution < 1.29 is 4.79 Å². The molecule has 4 aromatic rings. The van der Waals surface area contributed by atoms with Gasteiger partial charge in [0.25, 0.3) is 0 Å². The zero-order chi connectivity index (χ0) is 20.1. The Balaban J connectivity index is 1.50. The maximum atomic E-state index is 12.7. The van der Waals surface area contributed by atoms with E-state index in [2.05, 4.69) is 21.4 Å². The fourth-order valence-corrected chi connectivity index (χ4v) is 4.07. The lowest BCUT2D eigenvalue weighted by molar-refractivity contribution is -0.113. The number of amides is 1. The molecule has 4 rings (SSSR count). The van der Waals surface area contributed by atoms with Gasteiger partial charge >= 0.3 is 0 Å². The maximum absolute atomic E-state index is 12.7. The Kier molecular flexibility index (Phi) is 5.77. The minimum absolute atomic E-state index is 0.0596. The summed E-state index contributed by atoms with van der Waals surface area (Å²) < 4.78 is 2.08. The Morgan fingerprint density at radius 3 is 2.55 bits per heavy atom. The molecule has 1 heterocycles. The topological polar surface area (TPSA) is 46.9 Å². The summed E-state index contributed by atoms with van der Waals surface area (Å²) in [5, 5.41) is 3.86. The summed E-state index contributed by atoms with van der Waals surface area (Å²) in [7, 11) is 0. The van der Waals surface area contributed by atoms with E-state index in [1.165, 1.54) is 11.8 Å². The molecule has 0 aliphatic rings. The Morgan fingerprint density at radius 1 is 1.00 bits per heavy atom. The van der Waals surface area contributed by atoms with Gasteiger partial charge in [-0.05, 0) is 23.8 Å². The molecule has 0 saturated heterocycles. The molecule has 0 spiro atoms. The van der Waals surface area contributed by atoms with E-state index < -0.39 is 0 Å². The van der Waals surface area contributed by atoms with Crippen LogP contribution in [-0.4, -0.2) is 21.2 Å². The van der Waals surface area contributed by atoms with Gasteiger partial charge in [0.15, 0.2) is 5.16 Å². The molecule has 0 aliphatic heterocycles. The van der Waals surface area contributed by atoms with Crippen molar-refractivity contribution >= 4 is 34.4 Å². The highest BCUT2D eigenvalue weighted by molar-refractivity contribution is 7.99. The zero-order valence-electron chi connectivity index (χ0n) is 15.9. The van der Waals surface area contributed by atoms with E-state index in [-0.39, 0.29) is 11.7 Å². The van der Waals surface area contributed by atoms with Crippen molar-refractivity contribution in [2.75, 3.05) is 11.1 Å². The van der Waals surface area contributed by atoms with E-state index >= 15 is 0 Å². The number of thioether (sulfide) groups is 1. The van der Waals surface area contributed by atoms with Crippen molar-refractivity contribution in [3.63, 3.8) is 0 Å². The zero-order valence-corrected chi connectivity index (χ0v) is 16.7. The summed E-state index contributed by atoms with van der Waals surface area (Å²) in [5.74, 6) is 0.222. The van der Waals surface area contributed by atoms with Crippen LogP contribution in [0.25, 0.3) is 22.2 Å². The molecular formula is C24H21N3OS. The highest BCUT2D eigenvalue weighted by Gasteiger charge is 2.13. The number of allylic oxidation sites excluding steroid dienone is 1. The number of nitrogens with one attached hydrogen (secondary N) is 1. The van der Waals surface area contributed by atoms with Crippen LogP contribution in [0.4, 0.5) is 5.69 Å². The number of nitrogens with zero attached hydrogens (tertiary/aromatic N) is 2. The van der Waals surface area contributed by atoms with Crippen molar-refractivity contribution in [2.45, 2.75) is 11.7 Å². The number of imidazole rings is 1. The van der Waals surface area contributed by atoms with Gasteiger partial charge in [-0.3, -0.25) is 4.79 Å². The van der Waals surface area contributed by atoms with Gasteiger partial charge in [0.2, 0.25) is 5.91 Å². The SMILES string of the molecule is C=CCn1c(SCC(=O)Nc2ccccc2-c2ccccc2)nc2ccccc21. The van der Waals surface area contributed by atoms with Gasteiger partial charge in [0.05, 0.1) is 16.8 Å². The maximum Gasteiger partial charge on any atom is 0.234 e. The summed E-state index contributed by atoms with van der Waals surface area (Å²) >= 11 is 1.43. The summed E-state index contributed by atoms with van der Waals surface area (Å²) in [6.45, 7) is 4.49. The number of hydrogen-bond acceptors (Lipinski definition) is 3. The van der Waals surface area contributed by atoms with Gasteiger partial charge in [-0.2, -0.15) is 0 Å². The second kappa shape index (κ2) is 8.80. The highest BCUT2D eigenvalue weighted by atomic mass is 32.2. The molecule has 0 saturated carbocycles. The second-order valence-electron chi connectivity index (χ2n) is 6.53. The predicted octanol–water partition coefficient (Wildman–Crippen LogP) is 5.62. The fraction of sp³-hybridized carbons (Fsp3) is 0.0833. The third kappa shape index (κ3) is 4.25. The highest BCUT2D eigenvalue weighted by Crippen LogP contribution is 2.28. The number of rotatable bonds is 7. The molecule has 3 aromatic carbocycles. The number of hydrogen-bond donors (Lipinski definition) is 1. The minimum atomic E-state index is -0.0596. The van der Waals surface area contributed by atoms with E-state index in [9.17, 15) is 4.79 Å². The van der Waals surface area contributed by atoms with E-state index in [1.54, 1.807) is 0 Å². The molecule has 0 unspecified atom stereocenters. The largest absolute Gasteiger partial charge is 0.325 e. The molecule has 4 nitrogen and oxygen atoms in total. The van der Waals surface area contributed by atoms with Crippen LogP contribution in [0, 0.1) is 0 Å². The first-order chi connectivity index (χ1) is 14.3. The average molecular weight is 400 g/mol. The number of fused-ring (bicyclic) bond motifs is 1. The van der Waals surface area contributed by atoms with Crippen LogP contribution >= 0.6 is 11.8 Å². The first-order valence-electron chi connectivity index (χ1n) is 9.39. The van der Waals surface area contributed by atoms with Crippen molar-refractivity contribution in [1.29, 1.82) is 0 Å². The molecule has 0 aliphatic carbocycles. The number of benzene rings is 3. The smallest absolute Gasteiger partial charge is 0.234 e.